The van der Waals surface area contributed by atoms with Crippen LogP contribution in [0.5, 0.6) is 0 Å². The van der Waals surface area contributed by atoms with E-state index in [1.165, 1.54) is 12.1 Å². The minimum absolute atomic E-state index is 0.0124. The van der Waals surface area contributed by atoms with Gasteiger partial charge in [-0.25, -0.2) is 9.51 Å². The van der Waals surface area contributed by atoms with E-state index in [1.54, 1.807) is 43.3 Å². The fourth-order valence-electron chi connectivity index (χ4n) is 3.08. The highest BCUT2D eigenvalue weighted by Crippen LogP contribution is 2.29. The van der Waals surface area contributed by atoms with E-state index in [4.69, 9.17) is 0 Å². The van der Waals surface area contributed by atoms with Crippen LogP contribution in [0, 0.1) is 6.92 Å². The second-order valence-corrected chi connectivity index (χ2v) is 9.12. The first-order valence-corrected chi connectivity index (χ1v) is 11.2. The fraction of sp³-hybridized carbons (Fsp3) is 0.150. The van der Waals surface area contributed by atoms with E-state index in [0.717, 1.165) is 21.6 Å². The van der Waals surface area contributed by atoms with Crippen molar-refractivity contribution in [3.05, 3.63) is 80.6 Å². The van der Waals surface area contributed by atoms with Gasteiger partial charge in [0.1, 0.15) is 10.6 Å². The number of hydrogen-bond acceptors (Lipinski definition) is 6. The second-order valence-electron chi connectivity index (χ2n) is 6.48. The number of rotatable bonds is 4. The average molecular weight is 428 g/mol. The molecule has 9 heteroatoms. The first-order chi connectivity index (χ1) is 13.8. The number of nitrogens with one attached hydrogen (secondary N) is 1. The van der Waals surface area contributed by atoms with Crippen molar-refractivity contribution in [2.75, 3.05) is 11.4 Å². The Morgan fingerprint density at radius 2 is 1.62 bits per heavy atom. The summed E-state index contributed by atoms with van der Waals surface area (Å²) in [4.78, 5) is 33.2. The van der Waals surface area contributed by atoms with Crippen molar-refractivity contribution in [2.24, 2.45) is 4.99 Å². The van der Waals surface area contributed by atoms with Gasteiger partial charge in [-0.15, -0.1) is 0 Å². The van der Waals surface area contributed by atoms with Crippen LogP contribution in [0.15, 0.2) is 58.4 Å². The number of aryl methyl sites for hydroxylation is 1. The van der Waals surface area contributed by atoms with Crippen molar-refractivity contribution < 1.29 is 18.0 Å². The number of carbonyl (C=O) groups excluding carboxylic acids is 2. The van der Waals surface area contributed by atoms with Crippen molar-refractivity contribution in [1.82, 2.24) is 4.68 Å². The number of carbonyl (C=O) groups is 2. The highest BCUT2D eigenvalue weighted by atomic mass is 32.2. The lowest BCUT2D eigenvalue weighted by atomic mass is 9.91. The van der Waals surface area contributed by atoms with Gasteiger partial charge >= 0.3 is 0 Å². The van der Waals surface area contributed by atoms with E-state index >= 15 is 0 Å². The number of thiazole rings is 1. The molecular formula is C20H17N3O4S2. The number of benzene rings is 2. The summed E-state index contributed by atoms with van der Waals surface area (Å²) in [5.41, 5.74) is 1.46. The standard InChI is InChI=1S/C20H17N3O4S2/c1-3-21-20-23(22-29(26,27)13-10-8-12(2)9-11-13)16-17(24)14-6-4-5-7-15(14)18(25)19(16)28-20/h4-11,22H,3H2,1-2H3. The third-order valence-electron chi connectivity index (χ3n) is 4.50. The normalized spacial score (nSPS) is 13.9. The lowest BCUT2D eigenvalue weighted by molar-refractivity contribution is 0.0976. The van der Waals surface area contributed by atoms with Crippen LogP contribution < -0.4 is 9.63 Å². The Morgan fingerprint density at radius 3 is 2.24 bits per heavy atom. The molecule has 148 valence electrons. The maximum absolute atomic E-state index is 13.1. The zero-order valence-corrected chi connectivity index (χ0v) is 17.3. The molecular weight excluding hydrogens is 410 g/mol. The number of aromatic nitrogens is 1. The van der Waals surface area contributed by atoms with Crippen LogP contribution in [0.4, 0.5) is 0 Å². The summed E-state index contributed by atoms with van der Waals surface area (Å²) in [6, 6.07) is 12.8. The molecule has 0 atom stereocenters. The highest BCUT2D eigenvalue weighted by molar-refractivity contribution is 7.92. The van der Waals surface area contributed by atoms with E-state index < -0.39 is 15.8 Å². The third kappa shape index (κ3) is 3.22. The molecule has 1 aromatic heterocycles. The van der Waals surface area contributed by atoms with E-state index in [2.05, 4.69) is 9.82 Å². The van der Waals surface area contributed by atoms with Crippen LogP contribution in [0.25, 0.3) is 0 Å². The quantitative estimate of drug-likeness (QED) is 0.541. The molecule has 1 N–H and O–H groups in total. The monoisotopic (exact) mass is 427 g/mol. The molecule has 0 spiro atoms. The summed E-state index contributed by atoms with van der Waals surface area (Å²) in [6.07, 6.45) is 0. The number of fused-ring (bicyclic) bond motifs is 2. The summed E-state index contributed by atoms with van der Waals surface area (Å²) in [6.45, 7) is 4.00. The van der Waals surface area contributed by atoms with Gasteiger partial charge in [0.25, 0.3) is 10.0 Å². The summed E-state index contributed by atoms with van der Waals surface area (Å²) in [5.74, 6) is -0.739. The smallest absolute Gasteiger partial charge is 0.275 e. The van der Waals surface area contributed by atoms with Gasteiger partial charge in [-0.05, 0) is 26.0 Å². The van der Waals surface area contributed by atoms with Gasteiger partial charge in [-0.3, -0.25) is 14.6 Å². The Balaban J connectivity index is 1.90. The van der Waals surface area contributed by atoms with Crippen LogP contribution >= 0.6 is 11.3 Å². The van der Waals surface area contributed by atoms with Crippen molar-refractivity contribution >= 4 is 32.9 Å². The van der Waals surface area contributed by atoms with Crippen molar-refractivity contribution in [2.45, 2.75) is 18.7 Å². The van der Waals surface area contributed by atoms with E-state index in [9.17, 15) is 18.0 Å². The number of hydrogen-bond donors (Lipinski definition) is 1. The van der Waals surface area contributed by atoms with Crippen molar-refractivity contribution in [1.29, 1.82) is 0 Å². The highest BCUT2D eigenvalue weighted by Gasteiger charge is 2.35. The van der Waals surface area contributed by atoms with E-state index in [0.29, 0.717) is 12.1 Å². The Hall–Kier alpha value is -3.04. The van der Waals surface area contributed by atoms with Crippen LogP contribution in [-0.4, -0.2) is 31.2 Å². The van der Waals surface area contributed by atoms with Crippen LogP contribution in [-0.2, 0) is 10.0 Å². The van der Waals surface area contributed by atoms with Crippen molar-refractivity contribution in [3.63, 3.8) is 0 Å². The first kappa shape index (κ1) is 19.3. The summed E-state index contributed by atoms with van der Waals surface area (Å²) >= 11 is 0.999. The van der Waals surface area contributed by atoms with Crippen molar-refractivity contribution in [3.8, 4) is 0 Å². The van der Waals surface area contributed by atoms with E-state index in [-0.39, 0.29) is 31.6 Å². The minimum atomic E-state index is -4.00. The summed E-state index contributed by atoms with van der Waals surface area (Å²) in [7, 11) is -4.00. The molecule has 4 rings (SSSR count). The topological polar surface area (TPSA) is 97.6 Å². The molecule has 29 heavy (non-hydrogen) atoms. The van der Waals surface area contributed by atoms with Crippen LogP contribution in [0.3, 0.4) is 0 Å². The zero-order valence-electron chi connectivity index (χ0n) is 15.7. The lowest BCUT2D eigenvalue weighted by Crippen LogP contribution is -2.35. The minimum Gasteiger partial charge on any atom is -0.288 e. The molecule has 0 bridgehead atoms. The first-order valence-electron chi connectivity index (χ1n) is 8.87. The second kappa shape index (κ2) is 7.09. The average Bonchev–Trinajstić information content (AvgIpc) is 3.05. The predicted octanol–water partition coefficient (Wildman–Crippen LogP) is 2.49. The molecule has 7 nitrogen and oxygen atoms in total. The number of ketones is 2. The molecule has 0 saturated carbocycles. The van der Waals surface area contributed by atoms with E-state index in [1.807, 2.05) is 6.92 Å². The molecule has 1 heterocycles. The molecule has 0 amide bonds. The maximum Gasteiger partial charge on any atom is 0.275 e. The Morgan fingerprint density at radius 1 is 1.00 bits per heavy atom. The Labute approximate surface area is 171 Å². The van der Waals surface area contributed by atoms with Gasteiger partial charge in [0.15, 0.2) is 0 Å². The molecule has 2 aromatic carbocycles. The van der Waals surface area contributed by atoms with Gasteiger partial charge in [-0.2, -0.15) is 8.42 Å². The SMILES string of the molecule is CCN=c1sc2c(n1NS(=O)(=O)c1ccc(C)cc1)C(=O)c1ccccc1C2=O. The van der Waals surface area contributed by atoms with Gasteiger partial charge in [0, 0.05) is 17.7 Å². The van der Waals surface area contributed by atoms with Gasteiger partial charge in [0.05, 0.1) is 4.90 Å². The lowest BCUT2D eigenvalue weighted by Gasteiger charge is -2.17. The molecule has 1 aliphatic carbocycles. The molecule has 1 aliphatic rings. The molecule has 0 unspecified atom stereocenters. The van der Waals surface area contributed by atoms with Gasteiger partial charge in [0.2, 0.25) is 16.4 Å². The molecule has 0 radical (unpaired) electrons. The molecule has 0 fully saturated rings. The molecule has 0 saturated heterocycles. The van der Waals surface area contributed by atoms with Crippen LogP contribution in [0.2, 0.25) is 0 Å². The Bertz CT molecular complexity index is 1320. The molecule has 3 aromatic rings. The Kier molecular flexibility index (Phi) is 4.71. The summed E-state index contributed by atoms with van der Waals surface area (Å²) < 4.78 is 27.0. The maximum atomic E-state index is 13.1. The summed E-state index contributed by atoms with van der Waals surface area (Å²) in [5, 5.41) is 0. The van der Waals surface area contributed by atoms with Gasteiger partial charge < -0.3 is 0 Å². The predicted molar refractivity (Wildman–Crippen MR) is 109 cm³/mol. The van der Waals surface area contributed by atoms with Crippen LogP contribution in [0.1, 0.15) is 43.8 Å². The fourth-order valence-corrected chi connectivity index (χ4v) is 5.25. The molecule has 0 aliphatic heterocycles. The van der Waals surface area contributed by atoms with Gasteiger partial charge in [-0.1, -0.05) is 53.3 Å². The largest absolute Gasteiger partial charge is 0.288 e. The number of sulfonamides is 1. The zero-order chi connectivity index (χ0) is 20.8. The third-order valence-corrected chi connectivity index (χ3v) is 6.89. The number of nitrogens with zero attached hydrogens (tertiary/aromatic N) is 2.